The molecule has 0 fully saturated rings. The summed E-state index contributed by atoms with van der Waals surface area (Å²) in [7, 11) is 0. The molecule has 11 aromatic rings. The number of benzene rings is 8. The summed E-state index contributed by atoms with van der Waals surface area (Å²) in [6.45, 7) is 0. The SMILES string of the molecule is c1ccc2c(c1)-c1cccc3nc(-c4ccc5cc(-n6c7ccccc7c7cc(-c8ccc9oc%10ccccc%10c9c8)ccc76)ccc5c4)nc-2c13. The Labute approximate surface area is 297 Å². The third kappa shape index (κ3) is 3.86. The highest BCUT2D eigenvalue weighted by molar-refractivity contribution is 6.14. The summed E-state index contributed by atoms with van der Waals surface area (Å²) in [5.74, 6) is 0.751. The molecule has 0 N–H and O–H groups in total. The number of rotatable bonds is 3. The fourth-order valence-corrected chi connectivity index (χ4v) is 8.50. The Kier molecular flexibility index (Phi) is 5.47. The first-order valence-corrected chi connectivity index (χ1v) is 17.7. The van der Waals surface area contributed by atoms with Gasteiger partial charge in [0.15, 0.2) is 5.82 Å². The van der Waals surface area contributed by atoms with Crippen molar-refractivity contribution >= 4 is 65.4 Å². The highest BCUT2D eigenvalue weighted by atomic mass is 16.3. The van der Waals surface area contributed by atoms with Crippen molar-refractivity contribution in [2.75, 3.05) is 0 Å². The van der Waals surface area contributed by atoms with E-state index in [1.54, 1.807) is 0 Å². The minimum Gasteiger partial charge on any atom is -0.456 e. The normalized spacial score (nSPS) is 12.2. The van der Waals surface area contributed by atoms with E-state index >= 15 is 0 Å². The second-order valence-corrected chi connectivity index (χ2v) is 13.8. The third-order valence-electron chi connectivity index (χ3n) is 10.9. The maximum Gasteiger partial charge on any atom is 0.160 e. The molecule has 1 aliphatic rings. The predicted octanol–water partition coefficient (Wildman–Crippen LogP) is 12.8. The van der Waals surface area contributed by atoms with Crippen LogP contribution in [0, 0.1) is 0 Å². The number of hydrogen-bond donors (Lipinski definition) is 0. The number of aromatic nitrogens is 3. The van der Waals surface area contributed by atoms with Gasteiger partial charge in [0.05, 0.1) is 22.2 Å². The minimum absolute atomic E-state index is 0.751. The lowest BCUT2D eigenvalue weighted by molar-refractivity contribution is 0.669. The Morgan fingerprint density at radius 3 is 2.06 bits per heavy atom. The lowest BCUT2D eigenvalue weighted by Crippen LogP contribution is -1.95. The third-order valence-corrected chi connectivity index (χ3v) is 10.9. The molecule has 0 aliphatic heterocycles. The van der Waals surface area contributed by atoms with Gasteiger partial charge in [-0.25, -0.2) is 9.97 Å². The van der Waals surface area contributed by atoms with Crippen LogP contribution in [-0.2, 0) is 0 Å². The van der Waals surface area contributed by atoms with Crippen LogP contribution >= 0.6 is 0 Å². The summed E-state index contributed by atoms with van der Waals surface area (Å²) in [5.41, 5.74) is 14.3. The molecule has 0 radical (unpaired) electrons. The standard InChI is InChI=1S/C48H27N3O/c1-2-11-38-34(8-1)37-12-7-13-41-46(37)47(38)50-48(49-41)32-17-16-29-25-33(21-18-28(29)24-32)51-42-14-5-3-9-35(42)39-26-30(19-22-43(39)51)31-20-23-45-40(27-31)36-10-4-6-15-44(36)52-45/h1-27H. The van der Waals surface area contributed by atoms with Crippen molar-refractivity contribution in [1.29, 1.82) is 0 Å². The van der Waals surface area contributed by atoms with E-state index in [-0.39, 0.29) is 0 Å². The first kappa shape index (κ1) is 27.7. The van der Waals surface area contributed by atoms with Crippen molar-refractivity contribution in [2.45, 2.75) is 0 Å². The second kappa shape index (κ2) is 10.3. The predicted molar refractivity (Wildman–Crippen MR) is 214 cm³/mol. The lowest BCUT2D eigenvalue weighted by Gasteiger charge is -2.11. The average Bonchev–Trinajstić information content (AvgIpc) is 3.85. The van der Waals surface area contributed by atoms with Gasteiger partial charge >= 0.3 is 0 Å². The van der Waals surface area contributed by atoms with Gasteiger partial charge in [-0.15, -0.1) is 0 Å². The van der Waals surface area contributed by atoms with E-state index in [0.29, 0.717) is 0 Å². The molecule has 0 amide bonds. The van der Waals surface area contributed by atoms with E-state index in [1.807, 2.05) is 12.1 Å². The summed E-state index contributed by atoms with van der Waals surface area (Å²) >= 11 is 0. The quantitative estimate of drug-likeness (QED) is 0.189. The molecule has 3 heterocycles. The monoisotopic (exact) mass is 661 g/mol. The minimum atomic E-state index is 0.751. The fraction of sp³-hybridized carbons (Fsp3) is 0. The number of para-hydroxylation sites is 2. The summed E-state index contributed by atoms with van der Waals surface area (Å²) in [5, 5.41) is 8.21. The van der Waals surface area contributed by atoms with Crippen molar-refractivity contribution in [3.8, 4) is 50.6 Å². The largest absolute Gasteiger partial charge is 0.456 e. The van der Waals surface area contributed by atoms with Crippen LogP contribution in [0.1, 0.15) is 0 Å². The summed E-state index contributed by atoms with van der Waals surface area (Å²) < 4.78 is 8.50. The molecule has 240 valence electrons. The molecule has 52 heavy (non-hydrogen) atoms. The molecule has 0 unspecified atom stereocenters. The van der Waals surface area contributed by atoms with Crippen molar-refractivity contribution in [2.24, 2.45) is 0 Å². The van der Waals surface area contributed by atoms with Crippen molar-refractivity contribution in [1.82, 2.24) is 14.5 Å². The Bertz CT molecular complexity index is 3310. The zero-order valence-electron chi connectivity index (χ0n) is 27.8. The molecular formula is C48H27N3O. The Morgan fingerprint density at radius 2 is 1.12 bits per heavy atom. The van der Waals surface area contributed by atoms with Gasteiger partial charge in [0.2, 0.25) is 0 Å². The summed E-state index contributed by atoms with van der Waals surface area (Å²) in [6, 6.07) is 58.5. The summed E-state index contributed by atoms with van der Waals surface area (Å²) in [4.78, 5) is 10.2. The Morgan fingerprint density at radius 1 is 0.423 bits per heavy atom. The van der Waals surface area contributed by atoms with Gasteiger partial charge in [0.25, 0.3) is 0 Å². The zero-order chi connectivity index (χ0) is 33.9. The van der Waals surface area contributed by atoms with Crippen LogP contribution in [0.25, 0.3) is 116 Å². The van der Waals surface area contributed by atoms with Crippen LogP contribution in [0.2, 0.25) is 0 Å². The van der Waals surface area contributed by atoms with Crippen LogP contribution in [0.4, 0.5) is 0 Å². The molecule has 12 rings (SSSR count). The van der Waals surface area contributed by atoms with Crippen LogP contribution in [0.3, 0.4) is 0 Å². The van der Waals surface area contributed by atoms with E-state index in [9.17, 15) is 0 Å². The molecule has 4 nitrogen and oxygen atoms in total. The molecule has 0 bridgehead atoms. The molecule has 8 aromatic carbocycles. The van der Waals surface area contributed by atoms with Gasteiger partial charge < -0.3 is 8.98 Å². The molecule has 3 aromatic heterocycles. The maximum absolute atomic E-state index is 6.11. The van der Waals surface area contributed by atoms with Crippen LogP contribution in [-0.4, -0.2) is 14.5 Å². The highest BCUT2D eigenvalue weighted by Gasteiger charge is 2.24. The number of hydrogen-bond acceptors (Lipinski definition) is 3. The first-order valence-electron chi connectivity index (χ1n) is 17.7. The first-order chi connectivity index (χ1) is 25.7. The topological polar surface area (TPSA) is 43.9 Å². The molecule has 0 saturated carbocycles. The van der Waals surface area contributed by atoms with Gasteiger partial charge in [-0.05, 0) is 93.7 Å². The van der Waals surface area contributed by atoms with Crippen molar-refractivity contribution in [3.05, 3.63) is 164 Å². The van der Waals surface area contributed by atoms with E-state index in [4.69, 9.17) is 14.4 Å². The molecule has 0 spiro atoms. The van der Waals surface area contributed by atoms with Crippen LogP contribution in [0.15, 0.2) is 168 Å². The number of nitrogens with zero attached hydrogens (tertiary/aromatic N) is 3. The highest BCUT2D eigenvalue weighted by Crippen LogP contribution is 2.46. The molecular weight excluding hydrogens is 635 g/mol. The molecule has 4 heteroatoms. The van der Waals surface area contributed by atoms with Gasteiger partial charge in [0, 0.05) is 43.7 Å². The second-order valence-electron chi connectivity index (χ2n) is 13.8. The van der Waals surface area contributed by atoms with Gasteiger partial charge in [0.1, 0.15) is 11.2 Å². The molecule has 1 aliphatic carbocycles. The van der Waals surface area contributed by atoms with Crippen LogP contribution in [0.5, 0.6) is 0 Å². The smallest absolute Gasteiger partial charge is 0.160 e. The lowest BCUT2D eigenvalue weighted by atomic mass is 10.0. The fourth-order valence-electron chi connectivity index (χ4n) is 8.50. The van der Waals surface area contributed by atoms with Crippen molar-refractivity contribution in [3.63, 3.8) is 0 Å². The number of fused-ring (bicyclic) bond motifs is 10. The van der Waals surface area contributed by atoms with Gasteiger partial charge in [-0.2, -0.15) is 0 Å². The average molecular weight is 662 g/mol. The van der Waals surface area contributed by atoms with Gasteiger partial charge in [-0.3, -0.25) is 0 Å². The summed E-state index contributed by atoms with van der Waals surface area (Å²) in [6.07, 6.45) is 0. The Hall–Kier alpha value is -7.04. The Balaban J connectivity index is 0.968. The molecule has 0 saturated heterocycles. The number of furan rings is 1. The maximum atomic E-state index is 6.11. The van der Waals surface area contributed by atoms with E-state index in [0.717, 1.165) is 61.0 Å². The van der Waals surface area contributed by atoms with E-state index in [2.05, 4.69) is 156 Å². The van der Waals surface area contributed by atoms with Crippen LogP contribution < -0.4 is 0 Å². The molecule has 0 atom stereocenters. The zero-order valence-corrected chi connectivity index (χ0v) is 27.8. The van der Waals surface area contributed by atoms with E-state index in [1.165, 1.54) is 55.0 Å². The van der Waals surface area contributed by atoms with Gasteiger partial charge in [-0.1, -0.05) is 103 Å². The van der Waals surface area contributed by atoms with E-state index < -0.39 is 0 Å². The van der Waals surface area contributed by atoms with Crippen molar-refractivity contribution < 1.29 is 4.42 Å².